The minimum atomic E-state index is -0.910. The monoisotopic (exact) mass is 361 g/mol. The van der Waals surface area contributed by atoms with Gasteiger partial charge in [0.2, 0.25) is 0 Å². The van der Waals surface area contributed by atoms with E-state index in [0.717, 1.165) is 18.8 Å². The van der Waals surface area contributed by atoms with Crippen molar-refractivity contribution in [1.82, 2.24) is 4.90 Å². The number of furan rings is 1. The van der Waals surface area contributed by atoms with E-state index in [-0.39, 0.29) is 11.8 Å². The summed E-state index contributed by atoms with van der Waals surface area (Å²) in [6.07, 6.45) is 2.56. The Bertz CT molecular complexity index is 688. The van der Waals surface area contributed by atoms with E-state index in [1.54, 1.807) is 0 Å². The van der Waals surface area contributed by atoms with Crippen LogP contribution in [0.3, 0.4) is 0 Å². The van der Waals surface area contributed by atoms with Crippen LogP contribution in [0.25, 0.3) is 0 Å². The number of thiophene rings is 1. The van der Waals surface area contributed by atoms with Crippen molar-refractivity contribution < 1.29 is 9.52 Å². The first-order valence-corrected chi connectivity index (χ1v) is 10.3. The van der Waals surface area contributed by atoms with E-state index in [4.69, 9.17) is 4.42 Å². The van der Waals surface area contributed by atoms with E-state index >= 15 is 0 Å². The third-order valence-corrected chi connectivity index (χ3v) is 6.56. The van der Waals surface area contributed by atoms with Gasteiger partial charge in [0.05, 0.1) is 6.54 Å². The van der Waals surface area contributed by atoms with Crippen molar-refractivity contribution in [3.05, 3.63) is 45.5 Å². The Morgan fingerprint density at radius 2 is 1.84 bits per heavy atom. The number of rotatable bonds is 8. The zero-order chi connectivity index (χ0) is 18.2. The zero-order valence-electron chi connectivity index (χ0n) is 16.1. The first-order chi connectivity index (χ1) is 11.8. The topological polar surface area (TPSA) is 36.6 Å². The van der Waals surface area contributed by atoms with Crippen LogP contribution in [0.1, 0.15) is 62.5 Å². The smallest absolute Gasteiger partial charge is 0.136 e. The van der Waals surface area contributed by atoms with Crippen LogP contribution in [0.4, 0.5) is 0 Å². The Labute approximate surface area is 155 Å². The molecule has 0 atom stereocenters. The van der Waals surface area contributed by atoms with Gasteiger partial charge < -0.3 is 9.52 Å². The molecule has 2 heterocycles. The molecule has 3 nitrogen and oxygen atoms in total. The molecule has 1 N–H and O–H groups in total. The molecule has 0 bridgehead atoms. The maximum absolute atomic E-state index is 11.1. The van der Waals surface area contributed by atoms with Crippen molar-refractivity contribution in [2.24, 2.45) is 11.8 Å². The number of aliphatic hydroxyl groups is 1. The molecule has 2 aromatic heterocycles. The Morgan fingerprint density at radius 1 is 1.16 bits per heavy atom. The van der Waals surface area contributed by atoms with Gasteiger partial charge in [0.15, 0.2) is 0 Å². The predicted octanol–water partition coefficient (Wildman–Crippen LogP) is 5.31. The van der Waals surface area contributed by atoms with Gasteiger partial charge in [-0.25, -0.2) is 0 Å². The van der Waals surface area contributed by atoms with Gasteiger partial charge in [-0.3, -0.25) is 4.90 Å². The molecule has 0 unspecified atom stereocenters. The Balaban J connectivity index is 1.76. The van der Waals surface area contributed by atoms with Gasteiger partial charge in [-0.2, -0.15) is 0 Å². The molecule has 0 aromatic carbocycles. The lowest BCUT2D eigenvalue weighted by Gasteiger charge is -2.34. The minimum absolute atomic E-state index is 0.111. The van der Waals surface area contributed by atoms with Crippen LogP contribution in [0.5, 0.6) is 0 Å². The molecule has 4 heteroatoms. The van der Waals surface area contributed by atoms with E-state index in [9.17, 15) is 5.11 Å². The van der Waals surface area contributed by atoms with Gasteiger partial charge in [0.1, 0.15) is 17.1 Å². The summed E-state index contributed by atoms with van der Waals surface area (Å²) in [5, 5.41) is 13.3. The maximum Gasteiger partial charge on any atom is 0.136 e. The standard InChI is InChI=1S/C21H31NO2S/c1-14(2)21(23,15(3)4)20-9-8-18(24-20)12-22(17-6-7-17)13-19-16(5)10-11-25-19/h8-11,14-15,17,23H,6-7,12-13H2,1-5H3. The normalized spacial score (nSPS) is 15.7. The molecule has 0 amide bonds. The second-order valence-corrected chi connectivity index (χ2v) is 9.06. The van der Waals surface area contributed by atoms with Gasteiger partial charge in [-0.05, 0) is 60.7 Å². The highest BCUT2D eigenvalue weighted by atomic mass is 32.1. The molecular formula is C21H31NO2S. The number of hydrogen-bond acceptors (Lipinski definition) is 4. The largest absolute Gasteiger partial charge is 0.462 e. The summed E-state index contributed by atoms with van der Waals surface area (Å²) in [6.45, 7) is 12.2. The molecule has 138 valence electrons. The first-order valence-electron chi connectivity index (χ1n) is 9.41. The molecule has 2 aromatic rings. The van der Waals surface area contributed by atoms with Crippen molar-refractivity contribution in [2.75, 3.05) is 0 Å². The van der Waals surface area contributed by atoms with Gasteiger partial charge >= 0.3 is 0 Å². The quantitative estimate of drug-likeness (QED) is 0.692. The number of aryl methyl sites for hydroxylation is 1. The van der Waals surface area contributed by atoms with Crippen LogP contribution in [-0.4, -0.2) is 16.0 Å². The predicted molar refractivity (Wildman–Crippen MR) is 104 cm³/mol. The van der Waals surface area contributed by atoms with Gasteiger partial charge in [-0.1, -0.05) is 27.7 Å². The summed E-state index contributed by atoms with van der Waals surface area (Å²) in [4.78, 5) is 3.96. The second-order valence-electron chi connectivity index (χ2n) is 8.06. The van der Waals surface area contributed by atoms with Gasteiger partial charge in [-0.15, -0.1) is 11.3 Å². The van der Waals surface area contributed by atoms with E-state index in [2.05, 4.69) is 51.0 Å². The zero-order valence-corrected chi connectivity index (χ0v) is 16.9. The lowest BCUT2D eigenvalue weighted by atomic mass is 9.78. The molecule has 1 aliphatic carbocycles. The van der Waals surface area contributed by atoms with E-state index in [1.165, 1.54) is 23.3 Å². The summed E-state index contributed by atoms with van der Waals surface area (Å²) in [6, 6.07) is 6.88. The van der Waals surface area contributed by atoms with Crippen molar-refractivity contribution in [3.8, 4) is 0 Å². The molecule has 1 fully saturated rings. The maximum atomic E-state index is 11.1. The SMILES string of the molecule is Cc1ccsc1CN(Cc1ccc(C(O)(C(C)C)C(C)C)o1)C1CC1. The molecular weight excluding hydrogens is 330 g/mol. The molecule has 0 spiro atoms. The molecule has 0 aliphatic heterocycles. The fraction of sp³-hybridized carbons (Fsp3) is 0.619. The third-order valence-electron chi connectivity index (χ3n) is 5.55. The minimum Gasteiger partial charge on any atom is -0.462 e. The molecule has 0 radical (unpaired) electrons. The van der Waals surface area contributed by atoms with E-state index in [1.807, 2.05) is 23.5 Å². The number of nitrogens with zero attached hydrogens (tertiary/aromatic N) is 1. The van der Waals surface area contributed by atoms with Crippen LogP contribution in [0.15, 0.2) is 28.0 Å². The Hall–Kier alpha value is -1.10. The van der Waals surface area contributed by atoms with Crippen LogP contribution < -0.4 is 0 Å². The molecule has 0 saturated heterocycles. The van der Waals surface area contributed by atoms with Crippen LogP contribution in [-0.2, 0) is 18.7 Å². The second kappa shape index (κ2) is 7.26. The summed E-state index contributed by atoms with van der Waals surface area (Å²) in [7, 11) is 0. The molecule has 1 aliphatic rings. The third kappa shape index (κ3) is 3.86. The lowest BCUT2D eigenvalue weighted by molar-refractivity contribution is -0.0711. The Morgan fingerprint density at radius 3 is 2.36 bits per heavy atom. The van der Waals surface area contributed by atoms with Crippen molar-refractivity contribution in [2.45, 2.75) is 72.2 Å². The lowest BCUT2D eigenvalue weighted by Crippen LogP contribution is -2.37. The van der Waals surface area contributed by atoms with Crippen LogP contribution in [0, 0.1) is 18.8 Å². The highest BCUT2D eigenvalue weighted by Gasteiger charge is 2.40. The summed E-state index contributed by atoms with van der Waals surface area (Å²) < 4.78 is 6.14. The van der Waals surface area contributed by atoms with E-state index < -0.39 is 5.60 Å². The van der Waals surface area contributed by atoms with Crippen molar-refractivity contribution in [3.63, 3.8) is 0 Å². The molecule has 1 saturated carbocycles. The summed E-state index contributed by atoms with van der Waals surface area (Å²) in [5.41, 5.74) is 0.470. The average Bonchev–Trinajstić information content (AvgIpc) is 3.17. The number of hydrogen-bond donors (Lipinski definition) is 1. The van der Waals surface area contributed by atoms with Crippen molar-refractivity contribution in [1.29, 1.82) is 0 Å². The van der Waals surface area contributed by atoms with Crippen LogP contribution >= 0.6 is 11.3 Å². The molecule has 25 heavy (non-hydrogen) atoms. The van der Waals surface area contributed by atoms with Crippen molar-refractivity contribution >= 4 is 11.3 Å². The van der Waals surface area contributed by atoms with Gasteiger partial charge in [0, 0.05) is 17.5 Å². The summed E-state index contributed by atoms with van der Waals surface area (Å²) in [5.74, 6) is 1.88. The van der Waals surface area contributed by atoms with Gasteiger partial charge in [0.25, 0.3) is 0 Å². The van der Waals surface area contributed by atoms with Crippen LogP contribution in [0.2, 0.25) is 0 Å². The summed E-state index contributed by atoms with van der Waals surface area (Å²) >= 11 is 1.84. The molecule has 3 rings (SSSR count). The van der Waals surface area contributed by atoms with E-state index in [0.29, 0.717) is 11.8 Å². The fourth-order valence-electron chi connectivity index (χ4n) is 3.62. The first kappa shape index (κ1) is 18.7. The highest BCUT2D eigenvalue weighted by Crippen LogP contribution is 2.38. The fourth-order valence-corrected chi connectivity index (χ4v) is 4.55. The Kier molecular flexibility index (Phi) is 5.42. The highest BCUT2D eigenvalue weighted by molar-refractivity contribution is 7.10. The average molecular weight is 362 g/mol.